The lowest BCUT2D eigenvalue weighted by molar-refractivity contribution is 0.180. The Morgan fingerprint density at radius 2 is 1.94 bits per heavy atom. The quantitative estimate of drug-likeness (QED) is 0.453. The van der Waals surface area contributed by atoms with Crippen molar-refractivity contribution in [3.8, 4) is 5.75 Å². The Labute approximate surface area is 205 Å². The van der Waals surface area contributed by atoms with Gasteiger partial charge < -0.3 is 20.3 Å². The molecule has 1 aromatic carbocycles. The van der Waals surface area contributed by atoms with Crippen LogP contribution >= 0.6 is 12.4 Å². The van der Waals surface area contributed by atoms with Crippen LogP contribution in [0.4, 0.5) is 13.2 Å². The maximum Gasteiger partial charge on any atom is 0.219 e. The molecule has 2 fully saturated rings. The fourth-order valence-electron chi connectivity index (χ4n) is 4.69. The highest BCUT2D eigenvalue weighted by atomic mass is 35.5. The lowest BCUT2D eigenvalue weighted by Crippen LogP contribution is -2.38. The standard InChI is InChI=1S/C25H33F3N4O.ClH/c1-29-9-12-32-10-5-17(6-11-32)4-8-30-23-15-20(23)21-13-19(26)14-22(27)24(21)33-16-18-3-2-7-31-25(18)28;/h2-3,7,13-14,17,20,23,29-30H,4-6,8-12,15-16H2,1H3;1H/t20-,23+;/m0./s1. The van der Waals surface area contributed by atoms with Crippen molar-refractivity contribution in [2.75, 3.05) is 39.8 Å². The number of piperidine rings is 1. The van der Waals surface area contributed by atoms with Crippen LogP contribution in [0, 0.1) is 23.5 Å². The van der Waals surface area contributed by atoms with Gasteiger partial charge in [-0.05, 0) is 76.5 Å². The van der Waals surface area contributed by atoms with E-state index in [1.165, 1.54) is 31.2 Å². The Balaban J connectivity index is 0.00000324. The molecule has 1 saturated heterocycles. The molecule has 0 radical (unpaired) electrons. The first-order chi connectivity index (χ1) is 16.0. The molecule has 1 aromatic heterocycles. The van der Waals surface area contributed by atoms with Gasteiger partial charge in [-0.25, -0.2) is 13.8 Å². The summed E-state index contributed by atoms with van der Waals surface area (Å²) in [6.45, 7) is 5.18. The third-order valence-electron chi connectivity index (χ3n) is 6.78. The zero-order valence-electron chi connectivity index (χ0n) is 19.5. The summed E-state index contributed by atoms with van der Waals surface area (Å²) in [4.78, 5) is 6.09. The van der Waals surface area contributed by atoms with E-state index in [0.29, 0.717) is 5.56 Å². The molecule has 1 saturated carbocycles. The SMILES string of the molecule is CNCCN1CCC(CCN[C@@H]2C[C@H]2c2cc(F)cc(F)c2OCc2cccnc2F)CC1.Cl. The van der Waals surface area contributed by atoms with E-state index in [9.17, 15) is 13.2 Å². The smallest absolute Gasteiger partial charge is 0.219 e. The molecule has 1 aliphatic heterocycles. The van der Waals surface area contributed by atoms with Crippen LogP contribution in [-0.2, 0) is 6.61 Å². The van der Waals surface area contributed by atoms with E-state index in [1.54, 1.807) is 6.07 Å². The number of ether oxygens (including phenoxy) is 1. The van der Waals surface area contributed by atoms with Crippen LogP contribution in [0.25, 0.3) is 0 Å². The van der Waals surface area contributed by atoms with Crippen molar-refractivity contribution >= 4 is 12.4 Å². The van der Waals surface area contributed by atoms with E-state index >= 15 is 0 Å². The maximum absolute atomic E-state index is 14.5. The molecule has 2 aliphatic rings. The van der Waals surface area contributed by atoms with Crippen molar-refractivity contribution in [1.82, 2.24) is 20.5 Å². The monoisotopic (exact) mass is 498 g/mol. The summed E-state index contributed by atoms with van der Waals surface area (Å²) in [7, 11) is 1.98. The second-order valence-electron chi connectivity index (χ2n) is 9.13. The molecule has 0 spiro atoms. The van der Waals surface area contributed by atoms with Crippen molar-refractivity contribution in [3.63, 3.8) is 0 Å². The van der Waals surface area contributed by atoms with Crippen LogP contribution in [-0.4, -0.2) is 55.7 Å². The topological polar surface area (TPSA) is 49.4 Å². The Kier molecular flexibility index (Phi) is 10.0. The summed E-state index contributed by atoms with van der Waals surface area (Å²) in [6, 6.07) is 5.46. The molecule has 9 heteroatoms. The second kappa shape index (κ2) is 12.7. The molecular formula is C25H34ClF3N4O. The van der Waals surface area contributed by atoms with E-state index in [2.05, 4.69) is 20.5 Å². The van der Waals surface area contributed by atoms with Crippen LogP contribution in [0.5, 0.6) is 5.75 Å². The van der Waals surface area contributed by atoms with Gasteiger partial charge in [0, 0.05) is 48.4 Å². The van der Waals surface area contributed by atoms with Crippen molar-refractivity contribution in [2.24, 2.45) is 5.92 Å². The van der Waals surface area contributed by atoms with E-state index in [-0.39, 0.29) is 42.3 Å². The minimum absolute atomic E-state index is 0. The van der Waals surface area contributed by atoms with Crippen LogP contribution in [0.3, 0.4) is 0 Å². The highest BCUT2D eigenvalue weighted by Crippen LogP contribution is 2.46. The van der Waals surface area contributed by atoms with Crippen molar-refractivity contribution in [1.29, 1.82) is 0 Å². The molecule has 0 amide bonds. The highest BCUT2D eigenvalue weighted by molar-refractivity contribution is 5.85. The van der Waals surface area contributed by atoms with Gasteiger partial charge in [0.1, 0.15) is 12.4 Å². The van der Waals surface area contributed by atoms with Gasteiger partial charge in [-0.1, -0.05) is 0 Å². The summed E-state index contributed by atoms with van der Waals surface area (Å²) in [5, 5.41) is 6.75. The summed E-state index contributed by atoms with van der Waals surface area (Å²) >= 11 is 0. The van der Waals surface area contributed by atoms with Crippen LogP contribution in [0.2, 0.25) is 0 Å². The maximum atomic E-state index is 14.5. The molecule has 188 valence electrons. The average Bonchev–Trinajstić information content (AvgIpc) is 3.58. The molecule has 5 nitrogen and oxygen atoms in total. The summed E-state index contributed by atoms with van der Waals surface area (Å²) in [6.07, 6.45) is 5.71. The minimum Gasteiger partial charge on any atom is -0.485 e. The molecule has 4 rings (SSSR count). The van der Waals surface area contributed by atoms with Gasteiger partial charge in [0.25, 0.3) is 0 Å². The number of hydrogen-bond acceptors (Lipinski definition) is 5. The first-order valence-corrected chi connectivity index (χ1v) is 11.9. The number of halogens is 4. The van der Waals surface area contributed by atoms with Gasteiger partial charge >= 0.3 is 0 Å². The highest BCUT2D eigenvalue weighted by Gasteiger charge is 2.41. The number of benzene rings is 1. The first-order valence-electron chi connectivity index (χ1n) is 11.9. The predicted octanol–water partition coefficient (Wildman–Crippen LogP) is 4.27. The van der Waals surface area contributed by atoms with E-state index in [0.717, 1.165) is 57.5 Å². The third-order valence-corrected chi connectivity index (χ3v) is 6.78. The normalized spacial score (nSPS) is 20.7. The Bertz CT molecular complexity index is 927. The number of aromatic nitrogens is 1. The molecule has 34 heavy (non-hydrogen) atoms. The number of nitrogens with one attached hydrogen (secondary N) is 2. The van der Waals surface area contributed by atoms with Gasteiger partial charge in [0.15, 0.2) is 11.6 Å². The minimum atomic E-state index is -0.759. The number of likely N-dealkylation sites (tertiary alicyclic amines) is 1. The number of pyridine rings is 1. The van der Waals surface area contributed by atoms with Crippen LogP contribution < -0.4 is 15.4 Å². The lowest BCUT2D eigenvalue weighted by Gasteiger charge is -2.32. The van der Waals surface area contributed by atoms with Crippen LogP contribution in [0.1, 0.15) is 42.7 Å². The third kappa shape index (κ3) is 7.07. The number of nitrogens with zero attached hydrogens (tertiary/aromatic N) is 2. The molecule has 2 atom stereocenters. The lowest BCUT2D eigenvalue weighted by atomic mass is 9.93. The van der Waals surface area contributed by atoms with Gasteiger partial charge in [-0.3, -0.25) is 0 Å². The van der Waals surface area contributed by atoms with E-state index < -0.39 is 17.6 Å². The molecular weight excluding hydrogens is 465 g/mol. The first kappa shape index (κ1) is 26.7. The molecule has 2 heterocycles. The Morgan fingerprint density at radius 3 is 2.68 bits per heavy atom. The van der Waals surface area contributed by atoms with Gasteiger partial charge in [0.05, 0.1) is 0 Å². The van der Waals surface area contributed by atoms with E-state index in [1.807, 2.05) is 7.05 Å². The number of hydrogen-bond donors (Lipinski definition) is 2. The van der Waals surface area contributed by atoms with Crippen molar-refractivity contribution < 1.29 is 17.9 Å². The zero-order chi connectivity index (χ0) is 23.2. The zero-order valence-corrected chi connectivity index (χ0v) is 20.4. The van der Waals surface area contributed by atoms with Gasteiger partial charge in [-0.15, -0.1) is 12.4 Å². The Hall–Kier alpha value is -1.87. The second-order valence-corrected chi connectivity index (χ2v) is 9.13. The van der Waals surface area contributed by atoms with E-state index in [4.69, 9.17) is 4.74 Å². The van der Waals surface area contributed by atoms with Crippen molar-refractivity contribution in [3.05, 3.63) is 59.2 Å². The van der Waals surface area contributed by atoms with Crippen LogP contribution in [0.15, 0.2) is 30.5 Å². The molecule has 1 aliphatic carbocycles. The fraction of sp³-hybridized carbons (Fsp3) is 0.560. The summed E-state index contributed by atoms with van der Waals surface area (Å²) in [5.74, 6) is -1.32. The van der Waals surface area contributed by atoms with Crippen molar-refractivity contribution in [2.45, 2.75) is 44.2 Å². The van der Waals surface area contributed by atoms with Gasteiger partial charge in [0.2, 0.25) is 5.95 Å². The summed E-state index contributed by atoms with van der Waals surface area (Å²) in [5.41, 5.74) is 0.738. The molecule has 0 unspecified atom stereocenters. The predicted molar refractivity (Wildman–Crippen MR) is 129 cm³/mol. The average molecular weight is 499 g/mol. The number of rotatable bonds is 11. The Morgan fingerprint density at radius 1 is 1.15 bits per heavy atom. The molecule has 2 N–H and O–H groups in total. The fourth-order valence-corrected chi connectivity index (χ4v) is 4.69. The summed E-state index contributed by atoms with van der Waals surface area (Å²) < 4.78 is 47.9. The van der Waals surface area contributed by atoms with Gasteiger partial charge in [-0.2, -0.15) is 4.39 Å². The number of likely N-dealkylation sites (N-methyl/N-ethyl adjacent to an activating group) is 1. The largest absolute Gasteiger partial charge is 0.485 e. The molecule has 2 aromatic rings. The molecule has 0 bridgehead atoms.